The number of halogens is 1. The van der Waals surface area contributed by atoms with Crippen LogP contribution in [0.4, 0.5) is 0 Å². The summed E-state index contributed by atoms with van der Waals surface area (Å²) in [6, 6.07) is 6.10. The summed E-state index contributed by atoms with van der Waals surface area (Å²) in [6.07, 6.45) is 3.22. The minimum Gasteiger partial charge on any atom is -0.493 e. The van der Waals surface area contributed by atoms with Gasteiger partial charge in [0.1, 0.15) is 5.75 Å². The first-order chi connectivity index (χ1) is 5.36. The van der Waals surface area contributed by atoms with Crippen molar-refractivity contribution in [2.75, 3.05) is 6.61 Å². The third-order valence-corrected chi connectivity index (χ3v) is 2.21. The number of hydrogen-bond acceptors (Lipinski definition) is 1. The van der Waals surface area contributed by atoms with E-state index in [0.29, 0.717) is 0 Å². The van der Waals surface area contributed by atoms with Gasteiger partial charge in [0.15, 0.2) is 0 Å². The van der Waals surface area contributed by atoms with Crippen molar-refractivity contribution >= 4 is 15.9 Å². The summed E-state index contributed by atoms with van der Waals surface area (Å²) in [4.78, 5) is 0. The van der Waals surface area contributed by atoms with E-state index in [1.807, 2.05) is 12.1 Å². The maximum atomic E-state index is 5.44. The Morgan fingerprint density at radius 3 is 3.18 bits per heavy atom. The third-order valence-electron chi connectivity index (χ3n) is 1.72. The molecule has 0 spiro atoms. The first-order valence-corrected chi connectivity index (χ1v) is 4.41. The van der Waals surface area contributed by atoms with Crippen LogP contribution in [0.15, 0.2) is 22.7 Å². The molecular formula is C9H8BrO. The Morgan fingerprint density at radius 2 is 2.27 bits per heavy atom. The predicted molar refractivity (Wildman–Crippen MR) is 47.7 cm³/mol. The van der Waals surface area contributed by atoms with E-state index in [4.69, 9.17) is 4.74 Å². The van der Waals surface area contributed by atoms with Gasteiger partial charge in [-0.05, 0) is 30.5 Å². The maximum absolute atomic E-state index is 5.44. The van der Waals surface area contributed by atoms with Gasteiger partial charge in [-0.2, -0.15) is 0 Å². The molecule has 0 saturated heterocycles. The Labute approximate surface area is 74.5 Å². The van der Waals surface area contributed by atoms with Gasteiger partial charge in [0.25, 0.3) is 0 Å². The maximum Gasteiger partial charge on any atom is 0.123 e. The van der Waals surface area contributed by atoms with E-state index in [0.717, 1.165) is 23.2 Å². The predicted octanol–water partition coefficient (Wildman–Crippen LogP) is 2.78. The smallest absolute Gasteiger partial charge is 0.123 e. The monoisotopic (exact) mass is 211 g/mol. The molecule has 0 bridgehead atoms. The highest BCUT2D eigenvalue weighted by Crippen LogP contribution is 2.28. The lowest BCUT2D eigenvalue weighted by molar-refractivity contribution is 0.306. The van der Waals surface area contributed by atoms with Crippen molar-refractivity contribution in [1.82, 2.24) is 0 Å². The van der Waals surface area contributed by atoms with Crippen LogP contribution < -0.4 is 4.74 Å². The molecule has 0 amide bonds. The first kappa shape index (κ1) is 7.17. The average Bonchev–Trinajstić information content (AvgIpc) is 2.04. The van der Waals surface area contributed by atoms with Gasteiger partial charge in [-0.15, -0.1) is 0 Å². The number of ether oxygens (including phenoxy) is 1. The number of benzene rings is 1. The molecule has 2 rings (SSSR count). The molecule has 1 nitrogen and oxygen atoms in total. The second kappa shape index (κ2) is 2.86. The van der Waals surface area contributed by atoms with Crippen molar-refractivity contribution in [3.8, 4) is 5.75 Å². The Bertz CT molecular complexity index is 270. The van der Waals surface area contributed by atoms with Gasteiger partial charge in [0.05, 0.1) is 6.61 Å². The lowest BCUT2D eigenvalue weighted by atomic mass is 10.1. The fourth-order valence-electron chi connectivity index (χ4n) is 1.19. The van der Waals surface area contributed by atoms with E-state index in [2.05, 4.69) is 28.4 Å². The molecule has 0 aromatic heterocycles. The zero-order valence-corrected chi connectivity index (χ0v) is 7.60. The molecule has 1 aromatic carbocycles. The van der Waals surface area contributed by atoms with Crippen molar-refractivity contribution in [2.45, 2.75) is 6.42 Å². The van der Waals surface area contributed by atoms with Crippen LogP contribution in [0.3, 0.4) is 0 Å². The highest BCUT2D eigenvalue weighted by molar-refractivity contribution is 9.10. The molecule has 1 aliphatic heterocycles. The van der Waals surface area contributed by atoms with Gasteiger partial charge in [-0.3, -0.25) is 0 Å². The molecule has 57 valence electrons. The average molecular weight is 212 g/mol. The largest absolute Gasteiger partial charge is 0.493 e. The van der Waals surface area contributed by atoms with E-state index >= 15 is 0 Å². The number of fused-ring (bicyclic) bond motifs is 1. The molecule has 1 aliphatic rings. The van der Waals surface area contributed by atoms with Gasteiger partial charge >= 0.3 is 0 Å². The van der Waals surface area contributed by atoms with E-state index < -0.39 is 0 Å². The van der Waals surface area contributed by atoms with Crippen molar-refractivity contribution in [2.24, 2.45) is 0 Å². The van der Waals surface area contributed by atoms with Gasteiger partial charge in [-0.1, -0.05) is 22.0 Å². The van der Waals surface area contributed by atoms with Gasteiger partial charge in [-0.25, -0.2) is 0 Å². The van der Waals surface area contributed by atoms with E-state index in [1.54, 1.807) is 0 Å². The fourth-order valence-corrected chi connectivity index (χ4v) is 1.53. The van der Waals surface area contributed by atoms with Gasteiger partial charge in [0, 0.05) is 4.47 Å². The summed E-state index contributed by atoms with van der Waals surface area (Å²) >= 11 is 3.40. The second-order valence-corrected chi connectivity index (χ2v) is 3.44. The Morgan fingerprint density at radius 1 is 1.36 bits per heavy atom. The van der Waals surface area contributed by atoms with E-state index in [9.17, 15) is 0 Å². The molecule has 1 radical (unpaired) electrons. The van der Waals surface area contributed by atoms with Crippen molar-refractivity contribution < 1.29 is 4.74 Å². The number of hydrogen-bond donors (Lipinski definition) is 0. The van der Waals surface area contributed by atoms with E-state index in [-0.39, 0.29) is 0 Å². The molecule has 0 fully saturated rings. The molecular weight excluding hydrogens is 204 g/mol. The Kier molecular flexibility index (Phi) is 1.86. The van der Waals surface area contributed by atoms with Crippen LogP contribution in [0.1, 0.15) is 12.0 Å². The quantitative estimate of drug-likeness (QED) is 0.642. The highest BCUT2D eigenvalue weighted by atomic mass is 79.9. The summed E-state index contributed by atoms with van der Waals surface area (Å²) in [7, 11) is 0. The topological polar surface area (TPSA) is 9.23 Å². The van der Waals surface area contributed by atoms with Crippen LogP contribution in [0.2, 0.25) is 0 Å². The summed E-state index contributed by atoms with van der Waals surface area (Å²) in [5, 5.41) is 0. The molecule has 0 saturated carbocycles. The van der Waals surface area contributed by atoms with Crippen LogP contribution >= 0.6 is 15.9 Å². The lowest BCUT2D eigenvalue weighted by Gasteiger charge is -2.16. The standard InChI is InChI=1S/C9H8BrO/c10-8-4-3-7-2-1-5-11-9(7)6-8/h2-4,6H,1,5H2. The molecule has 0 atom stereocenters. The Hall–Kier alpha value is -0.500. The zero-order valence-electron chi connectivity index (χ0n) is 6.01. The zero-order chi connectivity index (χ0) is 7.68. The summed E-state index contributed by atoms with van der Waals surface area (Å²) in [6.45, 7) is 0.809. The van der Waals surface area contributed by atoms with Crippen molar-refractivity contribution in [3.05, 3.63) is 34.7 Å². The van der Waals surface area contributed by atoms with Crippen LogP contribution in [0.25, 0.3) is 0 Å². The van der Waals surface area contributed by atoms with Crippen molar-refractivity contribution in [3.63, 3.8) is 0 Å². The summed E-state index contributed by atoms with van der Waals surface area (Å²) < 4.78 is 6.52. The molecule has 11 heavy (non-hydrogen) atoms. The fraction of sp³-hybridized carbons (Fsp3) is 0.222. The highest BCUT2D eigenvalue weighted by Gasteiger charge is 2.09. The Balaban J connectivity index is 2.43. The third kappa shape index (κ3) is 1.41. The van der Waals surface area contributed by atoms with Crippen LogP contribution in [0, 0.1) is 6.42 Å². The van der Waals surface area contributed by atoms with Crippen molar-refractivity contribution in [1.29, 1.82) is 0 Å². The minimum absolute atomic E-state index is 0.809. The van der Waals surface area contributed by atoms with Gasteiger partial charge < -0.3 is 4.74 Å². The lowest BCUT2D eigenvalue weighted by Crippen LogP contribution is -2.06. The molecule has 0 N–H and O–H groups in total. The molecule has 0 unspecified atom stereocenters. The number of rotatable bonds is 0. The minimum atomic E-state index is 0.809. The first-order valence-electron chi connectivity index (χ1n) is 3.62. The van der Waals surface area contributed by atoms with Crippen LogP contribution in [-0.4, -0.2) is 6.61 Å². The van der Waals surface area contributed by atoms with E-state index in [1.165, 1.54) is 5.56 Å². The molecule has 1 heterocycles. The SMILES string of the molecule is Brc1ccc2c(c1)OCC[CH]2. The van der Waals surface area contributed by atoms with Gasteiger partial charge in [0.2, 0.25) is 0 Å². The summed E-state index contributed by atoms with van der Waals surface area (Å²) in [5.74, 6) is 0.991. The summed E-state index contributed by atoms with van der Waals surface area (Å²) in [5.41, 5.74) is 1.21. The van der Waals surface area contributed by atoms with Crippen LogP contribution in [0.5, 0.6) is 5.75 Å². The molecule has 2 heteroatoms. The normalized spacial score (nSPS) is 15.4. The molecule has 1 aromatic rings. The second-order valence-electron chi connectivity index (χ2n) is 2.52. The van der Waals surface area contributed by atoms with Crippen LogP contribution in [-0.2, 0) is 0 Å². The molecule has 0 aliphatic carbocycles.